The van der Waals surface area contributed by atoms with Crippen LogP contribution in [0.1, 0.15) is 41.4 Å². The summed E-state index contributed by atoms with van der Waals surface area (Å²) in [5.41, 5.74) is 3.01. The Kier molecular flexibility index (Phi) is 5.11. The minimum atomic E-state index is -0.0603. The second-order valence-corrected chi connectivity index (χ2v) is 5.01. The number of nitrogens with zero attached hydrogens (tertiary/aromatic N) is 2. The lowest BCUT2D eigenvalue weighted by atomic mass is 10.1. The Hall–Kier alpha value is -2.14. The number of amides is 1. The largest absolute Gasteiger partial charge is 0.355 e. The predicted octanol–water partition coefficient (Wildman–Crippen LogP) is 2.11. The maximum atomic E-state index is 11.5. The molecule has 0 aliphatic heterocycles. The molecule has 0 radical (unpaired) electrons. The molecule has 21 heavy (non-hydrogen) atoms. The number of rotatable bonds is 6. The minimum absolute atomic E-state index is 0.0603. The van der Waals surface area contributed by atoms with Crippen LogP contribution in [0.4, 0.5) is 0 Å². The number of carbonyl (C=O) groups is 1. The van der Waals surface area contributed by atoms with Gasteiger partial charge in [0, 0.05) is 43.5 Å². The molecule has 0 spiro atoms. The number of hydrogen-bond acceptors (Lipinski definition) is 3. The Bertz CT molecular complexity index is 589. The van der Waals surface area contributed by atoms with Crippen LogP contribution in [0.2, 0.25) is 0 Å². The molecular formula is C16H22N4O. The summed E-state index contributed by atoms with van der Waals surface area (Å²) in [5.74, 6) is -0.0603. The predicted molar refractivity (Wildman–Crippen MR) is 83.0 cm³/mol. The Morgan fingerprint density at radius 2 is 2.05 bits per heavy atom. The first-order valence-corrected chi connectivity index (χ1v) is 7.20. The molecule has 1 heterocycles. The van der Waals surface area contributed by atoms with E-state index in [-0.39, 0.29) is 11.9 Å². The first-order chi connectivity index (χ1) is 10.1. The Labute approximate surface area is 125 Å². The fourth-order valence-electron chi connectivity index (χ4n) is 2.08. The molecule has 1 aromatic heterocycles. The van der Waals surface area contributed by atoms with E-state index >= 15 is 0 Å². The first kappa shape index (κ1) is 15.3. The number of nitrogens with one attached hydrogen (secondary N) is 2. The number of carbonyl (C=O) groups excluding carboxylic acids is 1. The Morgan fingerprint density at radius 1 is 1.33 bits per heavy atom. The molecule has 2 N–H and O–H groups in total. The van der Waals surface area contributed by atoms with E-state index in [1.54, 1.807) is 7.05 Å². The smallest absolute Gasteiger partial charge is 0.251 e. The van der Waals surface area contributed by atoms with E-state index in [2.05, 4.69) is 35.8 Å². The molecule has 0 fully saturated rings. The van der Waals surface area contributed by atoms with Gasteiger partial charge in [-0.15, -0.1) is 0 Å². The molecule has 0 aliphatic carbocycles. The van der Waals surface area contributed by atoms with E-state index in [9.17, 15) is 4.79 Å². The molecule has 0 saturated carbocycles. The van der Waals surface area contributed by atoms with Gasteiger partial charge in [0.2, 0.25) is 0 Å². The molecule has 1 unspecified atom stereocenters. The van der Waals surface area contributed by atoms with Crippen LogP contribution in [0, 0.1) is 0 Å². The molecule has 1 amide bonds. The van der Waals surface area contributed by atoms with Gasteiger partial charge in [0.1, 0.15) is 0 Å². The third-order valence-electron chi connectivity index (χ3n) is 3.53. The molecule has 2 rings (SSSR count). The Balaban J connectivity index is 1.91. The molecule has 112 valence electrons. The zero-order valence-corrected chi connectivity index (χ0v) is 12.8. The molecule has 2 aromatic rings. The highest BCUT2D eigenvalue weighted by Gasteiger charge is 2.08. The molecule has 0 saturated heterocycles. The molecule has 5 nitrogen and oxygen atoms in total. The van der Waals surface area contributed by atoms with Crippen molar-refractivity contribution < 1.29 is 4.79 Å². The summed E-state index contributed by atoms with van der Waals surface area (Å²) in [6.07, 6.45) is 3.96. The van der Waals surface area contributed by atoms with Crippen LogP contribution in [-0.2, 0) is 13.1 Å². The van der Waals surface area contributed by atoms with Crippen LogP contribution < -0.4 is 10.6 Å². The average molecular weight is 286 g/mol. The van der Waals surface area contributed by atoms with Crippen LogP contribution in [0.25, 0.3) is 0 Å². The van der Waals surface area contributed by atoms with Crippen LogP contribution in [0.15, 0.2) is 36.7 Å². The summed E-state index contributed by atoms with van der Waals surface area (Å²) in [5, 5.41) is 10.4. The topological polar surface area (TPSA) is 59.0 Å². The van der Waals surface area contributed by atoms with Crippen molar-refractivity contribution in [1.82, 2.24) is 20.4 Å². The van der Waals surface area contributed by atoms with Crippen molar-refractivity contribution in [2.24, 2.45) is 0 Å². The lowest BCUT2D eigenvalue weighted by Gasteiger charge is -2.12. The second kappa shape index (κ2) is 7.04. The maximum Gasteiger partial charge on any atom is 0.251 e. The summed E-state index contributed by atoms with van der Waals surface area (Å²) in [6.45, 7) is 5.83. The monoisotopic (exact) mass is 286 g/mol. The molecular weight excluding hydrogens is 264 g/mol. The fraction of sp³-hybridized carbons (Fsp3) is 0.375. The van der Waals surface area contributed by atoms with E-state index in [1.165, 1.54) is 5.56 Å². The summed E-state index contributed by atoms with van der Waals surface area (Å²) < 4.78 is 1.92. The van der Waals surface area contributed by atoms with Crippen LogP contribution >= 0.6 is 0 Å². The Morgan fingerprint density at radius 3 is 2.62 bits per heavy atom. The van der Waals surface area contributed by atoms with Crippen molar-refractivity contribution in [3.8, 4) is 0 Å². The highest BCUT2D eigenvalue weighted by molar-refractivity contribution is 5.93. The number of aryl methyl sites for hydroxylation is 1. The third kappa shape index (κ3) is 3.92. The van der Waals surface area contributed by atoms with Gasteiger partial charge in [0.15, 0.2) is 0 Å². The highest BCUT2D eigenvalue weighted by Crippen LogP contribution is 2.12. The van der Waals surface area contributed by atoms with E-state index < -0.39 is 0 Å². The van der Waals surface area contributed by atoms with Crippen molar-refractivity contribution in [2.75, 3.05) is 7.05 Å². The lowest BCUT2D eigenvalue weighted by Crippen LogP contribution is -2.19. The standard InChI is InChI=1S/C16H22N4O/c1-4-20-11-15(10-19-20)12(2)18-9-13-5-7-14(8-6-13)16(21)17-3/h5-8,10-12,18H,4,9H2,1-3H3,(H,17,21). The zero-order valence-electron chi connectivity index (χ0n) is 12.8. The van der Waals surface area contributed by atoms with Gasteiger partial charge in [0.05, 0.1) is 6.20 Å². The first-order valence-electron chi connectivity index (χ1n) is 7.20. The molecule has 1 atom stereocenters. The van der Waals surface area contributed by atoms with E-state index in [1.807, 2.05) is 35.1 Å². The van der Waals surface area contributed by atoms with Crippen LogP contribution in [0.5, 0.6) is 0 Å². The summed E-state index contributed by atoms with van der Waals surface area (Å²) in [6, 6.07) is 7.87. The molecule has 5 heteroatoms. The normalized spacial score (nSPS) is 12.1. The van der Waals surface area contributed by atoms with Gasteiger partial charge in [-0.25, -0.2) is 0 Å². The van der Waals surface area contributed by atoms with Gasteiger partial charge >= 0.3 is 0 Å². The second-order valence-electron chi connectivity index (χ2n) is 5.01. The van der Waals surface area contributed by atoms with Gasteiger partial charge < -0.3 is 10.6 Å². The van der Waals surface area contributed by atoms with Crippen molar-refractivity contribution in [3.63, 3.8) is 0 Å². The van der Waals surface area contributed by atoms with Gasteiger partial charge in [0.25, 0.3) is 5.91 Å². The molecule has 0 bridgehead atoms. The SMILES string of the molecule is CCn1cc(C(C)NCc2ccc(C(=O)NC)cc2)cn1. The highest BCUT2D eigenvalue weighted by atomic mass is 16.1. The van der Waals surface area contributed by atoms with Crippen LogP contribution in [0.3, 0.4) is 0 Å². The summed E-state index contributed by atoms with van der Waals surface area (Å²) in [4.78, 5) is 11.5. The van der Waals surface area contributed by atoms with Crippen LogP contribution in [-0.4, -0.2) is 22.7 Å². The number of aromatic nitrogens is 2. The maximum absolute atomic E-state index is 11.5. The van der Waals surface area contributed by atoms with Gasteiger partial charge in [-0.2, -0.15) is 5.10 Å². The third-order valence-corrected chi connectivity index (χ3v) is 3.53. The molecule has 1 aromatic carbocycles. The average Bonchev–Trinajstić information content (AvgIpc) is 3.01. The quantitative estimate of drug-likeness (QED) is 0.855. The van der Waals surface area contributed by atoms with Crippen molar-refractivity contribution in [1.29, 1.82) is 0 Å². The minimum Gasteiger partial charge on any atom is -0.355 e. The number of hydrogen-bond donors (Lipinski definition) is 2. The molecule has 0 aliphatic rings. The van der Waals surface area contributed by atoms with Crippen molar-refractivity contribution >= 4 is 5.91 Å². The van der Waals surface area contributed by atoms with Gasteiger partial charge in [-0.05, 0) is 31.5 Å². The van der Waals surface area contributed by atoms with Gasteiger partial charge in [-0.3, -0.25) is 9.48 Å². The lowest BCUT2D eigenvalue weighted by molar-refractivity contribution is 0.0963. The van der Waals surface area contributed by atoms with E-state index in [4.69, 9.17) is 0 Å². The summed E-state index contributed by atoms with van der Waals surface area (Å²) >= 11 is 0. The van der Waals surface area contributed by atoms with Crippen molar-refractivity contribution in [2.45, 2.75) is 33.0 Å². The fourth-order valence-corrected chi connectivity index (χ4v) is 2.08. The summed E-state index contributed by atoms with van der Waals surface area (Å²) in [7, 11) is 1.63. The number of benzene rings is 1. The van der Waals surface area contributed by atoms with E-state index in [0.29, 0.717) is 5.56 Å². The van der Waals surface area contributed by atoms with Crippen molar-refractivity contribution in [3.05, 3.63) is 53.3 Å². The van der Waals surface area contributed by atoms with E-state index in [0.717, 1.165) is 18.7 Å². The van der Waals surface area contributed by atoms with Gasteiger partial charge in [-0.1, -0.05) is 12.1 Å². The zero-order chi connectivity index (χ0) is 15.2.